The number of unbranched alkanes of at least 4 members (excludes halogenated alkanes) is 2. The van der Waals surface area contributed by atoms with Gasteiger partial charge >= 0.3 is 0 Å². The zero-order valence-electron chi connectivity index (χ0n) is 15.4. The number of nitrogen functional groups attached to an aromatic ring is 2. The third kappa shape index (κ3) is 7.51. The summed E-state index contributed by atoms with van der Waals surface area (Å²) in [4.78, 5) is 0. The van der Waals surface area contributed by atoms with Gasteiger partial charge in [0.15, 0.2) is 0 Å². The van der Waals surface area contributed by atoms with Crippen LogP contribution in [-0.2, 0) is 6.42 Å². The van der Waals surface area contributed by atoms with Crippen LogP contribution >= 0.6 is 0 Å². The highest BCUT2D eigenvalue weighted by Crippen LogP contribution is 2.23. The largest absolute Gasteiger partial charge is 0.399 e. The number of rotatable bonds is 6. The van der Waals surface area contributed by atoms with Gasteiger partial charge in [-0.2, -0.15) is 0 Å². The lowest BCUT2D eigenvalue weighted by Gasteiger charge is -2.08. The zero-order valence-corrected chi connectivity index (χ0v) is 15.4. The summed E-state index contributed by atoms with van der Waals surface area (Å²) >= 11 is 0. The predicted octanol–water partition coefficient (Wildman–Crippen LogP) is 4.64. The summed E-state index contributed by atoms with van der Waals surface area (Å²) < 4.78 is 0. The number of aryl methyl sites for hydroxylation is 2. The molecule has 2 aromatic carbocycles. The molecule has 0 saturated carbocycles. The predicted molar refractivity (Wildman–Crippen MR) is 107 cm³/mol. The molecule has 0 saturated heterocycles. The van der Waals surface area contributed by atoms with Gasteiger partial charge in [-0.1, -0.05) is 56.2 Å². The molecule has 0 amide bonds. The second-order valence-corrected chi connectivity index (χ2v) is 6.63. The average molecular weight is 328 g/mol. The number of nitrogens with two attached hydrogens (primary N) is 3. The Morgan fingerprint density at radius 3 is 2.25 bits per heavy atom. The van der Waals surface area contributed by atoms with Crippen LogP contribution in [0.1, 0.15) is 55.7 Å². The van der Waals surface area contributed by atoms with E-state index in [1.54, 1.807) is 6.07 Å². The van der Waals surface area contributed by atoms with Gasteiger partial charge in [-0.3, -0.25) is 0 Å². The van der Waals surface area contributed by atoms with E-state index in [0.29, 0.717) is 5.92 Å². The summed E-state index contributed by atoms with van der Waals surface area (Å²) in [7, 11) is 0. The molecule has 2 rings (SSSR count). The van der Waals surface area contributed by atoms with Crippen LogP contribution in [0.5, 0.6) is 0 Å². The van der Waals surface area contributed by atoms with E-state index in [1.807, 2.05) is 12.1 Å². The molecule has 6 N–H and O–H groups in total. The maximum Gasteiger partial charge on any atom is 0.0369 e. The van der Waals surface area contributed by atoms with E-state index in [-0.39, 0.29) is 0 Å². The maximum absolute atomic E-state index is 5.74. The Morgan fingerprint density at radius 2 is 1.67 bits per heavy atom. The topological polar surface area (TPSA) is 78.1 Å². The maximum atomic E-state index is 5.74. The van der Waals surface area contributed by atoms with Gasteiger partial charge in [-0.25, -0.2) is 0 Å². The Bertz CT molecular complexity index is 606. The molecule has 3 nitrogen and oxygen atoms in total. The Labute approximate surface area is 147 Å². The van der Waals surface area contributed by atoms with Crippen molar-refractivity contribution in [1.82, 2.24) is 0 Å². The summed E-state index contributed by atoms with van der Waals surface area (Å²) in [6.45, 7) is 7.20. The van der Waals surface area contributed by atoms with Crippen LogP contribution in [0.4, 0.5) is 11.4 Å². The molecule has 0 aliphatic rings. The highest BCUT2D eigenvalue weighted by atomic mass is 14.6. The van der Waals surface area contributed by atoms with Crippen molar-refractivity contribution in [3.8, 4) is 0 Å². The molecule has 0 heterocycles. The van der Waals surface area contributed by atoms with E-state index in [1.165, 1.54) is 36.0 Å². The molecule has 0 aliphatic heterocycles. The highest BCUT2D eigenvalue weighted by Gasteiger charge is 2.02. The van der Waals surface area contributed by atoms with E-state index < -0.39 is 0 Å². The van der Waals surface area contributed by atoms with Gasteiger partial charge in [0.25, 0.3) is 0 Å². The first-order chi connectivity index (χ1) is 11.4. The number of anilines is 2. The zero-order chi connectivity index (χ0) is 17.9. The first kappa shape index (κ1) is 20.0. The minimum absolute atomic E-state index is 0.468. The molecule has 0 bridgehead atoms. The van der Waals surface area contributed by atoms with Gasteiger partial charge < -0.3 is 17.2 Å². The summed E-state index contributed by atoms with van der Waals surface area (Å²) in [6.07, 6.45) is 4.87. The van der Waals surface area contributed by atoms with Crippen molar-refractivity contribution in [3.05, 3.63) is 59.2 Å². The fourth-order valence-corrected chi connectivity index (χ4v) is 2.64. The van der Waals surface area contributed by atoms with Crippen molar-refractivity contribution < 1.29 is 0 Å². The summed E-state index contributed by atoms with van der Waals surface area (Å²) in [5, 5.41) is 0. The lowest BCUT2D eigenvalue weighted by atomic mass is 10.0. The standard InChI is InChI=1S/C12H19N.C9H14N2/c1-11-6-5-8-12(10-11)7-3-2-4-9-13;1-6(2)8-4-3-7(10)5-9(8)11/h5-6,8,10H,2-4,7,9,13H2,1H3;3-6H,10-11H2,1-2H3. The molecule has 132 valence electrons. The molecule has 24 heavy (non-hydrogen) atoms. The summed E-state index contributed by atoms with van der Waals surface area (Å²) in [5.41, 5.74) is 22.2. The first-order valence-electron chi connectivity index (χ1n) is 8.84. The molecule has 0 unspecified atom stereocenters. The molecule has 0 radical (unpaired) electrons. The molecular weight excluding hydrogens is 294 g/mol. The third-order valence-electron chi connectivity index (χ3n) is 3.98. The molecular formula is C21H33N3. The van der Waals surface area contributed by atoms with E-state index in [0.717, 1.165) is 24.3 Å². The fraction of sp³-hybridized carbons (Fsp3) is 0.429. The van der Waals surface area contributed by atoms with Crippen molar-refractivity contribution in [1.29, 1.82) is 0 Å². The van der Waals surface area contributed by atoms with E-state index in [9.17, 15) is 0 Å². The molecule has 0 aliphatic carbocycles. The third-order valence-corrected chi connectivity index (χ3v) is 3.98. The summed E-state index contributed by atoms with van der Waals surface area (Å²) in [6, 6.07) is 14.4. The Balaban J connectivity index is 0.000000243. The normalized spacial score (nSPS) is 10.4. The van der Waals surface area contributed by atoms with E-state index >= 15 is 0 Å². The van der Waals surface area contributed by atoms with Crippen molar-refractivity contribution in [2.24, 2.45) is 5.73 Å². The second kappa shape index (κ2) is 10.7. The minimum Gasteiger partial charge on any atom is -0.399 e. The lowest BCUT2D eigenvalue weighted by molar-refractivity contribution is 0.686. The molecule has 0 aromatic heterocycles. The van der Waals surface area contributed by atoms with Crippen LogP contribution in [0.3, 0.4) is 0 Å². The van der Waals surface area contributed by atoms with Crippen molar-refractivity contribution in [2.75, 3.05) is 18.0 Å². The van der Waals surface area contributed by atoms with E-state index in [4.69, 9.17) is 17.2 Å². The van der Waals surface area contributed by atoms with Crippen LogP contribution in [-0.4, -0.2) is 6.54 Å². The van der Waals surface area contributed by atoms with Gasteiger partial charge in [-0.05, 0) is 61.9 Å². The van der Waals surface area contributed by atoms with Gasteiger partial charge in [0.1, 0.15) is 0 Å². The first-order valence-corrected chi connectivity index (χ1v) is 8.84. The Kier molecular flexibility index (Phi) is 8.95. The smallest absolute Gasteiger partial charge is 0.0369 e. The van der Waals surface area contributed by atoms with Crippen molar-refractivity contribution >= 4 is 11.4 Å². The Hall–Kier alpha value is -2.00. The number of hydrogen-bond acceptors (Lipinski definition) is 3. The Morgan fingerprint density at radius 1 is 0.917 bits per heavy atom. The van der Waals surface area contributed by atoms with Crippen LogP contribution in [0, 0.1) is 6.92 Å². The van der Waals surface area contributed by atoms with Crippen LogP contribution in [0.2, 0.25) is 0 Å². The molecule has 3 heteroatoms. The van der Waals surface area contributed by atoms with Crippen molar-refractivity contribution in [2.45, 2.75) is 52.4 Å². The van der Waals surface area contributed by atoms with Crippen molar-refractivity contribution in [3.63, 3.8) is 0 Å². The fourth-order valence-electron chi connectivity index (χ4n) is 2.64. The second-order valence-electron chi connectivity index (χ2n) is 6.63. The van der Waals surface area contributed by atoms with Gasteiger partial charge in [0.2, 0.25) is 0 Å². The lowest BCUT2D eigenvalue weighted by Crippen LogP contribution is -1.98. The minimum atomic E-state index is 0.468. The molecule has 0 fully saturated rings. The van der Waals surface area contributed by atoms with Gasteiger partial charge in [-0.15, -0.1) is 0 Å². The van der Waals surface area contributed by atoms with E-state index in [2.05, 4.69) is 45.0 Å². The molecule has 2 aromatic rings. The van der Waals surface area contributed by atoms with Gasteiger partial charge in [0.05, 0.1) is 0 Å². The average Bonchev–Trinajstić information content (AvgIpc) is 2.52. The number of hydrogen-bond donors (Lipinski definition) is 3. The highest BCUT2D eigenvalue weighted by molar-refractivity contribution is 5.57. The van der Waals surface area contributed by atoms with Gasteiger partial charge in [0, 0.05) is 11.4 Å². The van der Waals surface area contributed by atoms with Crippen LogP contribution in [0.15, 0.2) is 42.5 Å². The molecule has 0 atom stereocenters. The monoisotopic (exact) mass is 327 g/mol. The van der Waals surface area contributed by atoms with Crippen LogP contribution < -0.4 is 17.2 Å². The molecule has 0 spiro atoms. The quantitative estimate of drug-likeness (QED) is 0.534. The number of benzene rings is 2. The van der Waals surface area contributed by atoms with Crippen LogP contribution in [0.25, 0.3) is 0 Å². The summed E-state index contributed by atoms with van der Waals surface area (Å²) in [5.74, 6) is 0.468. The SMILES string of the molecule is CC(C)c1ccc(N)cc1N.Cc1cccc(CCCCCN)c1.